The minimum atomic E-state index is 0.268. The van der Waals surface area contributed by atoms with Gasteiger partial charge in [-0.3, -0.25) is 0 Å². The van der Waals surface area contributed by atoms with Gasteiger partial charge < -0.3 is 30.2 Å². The highest BCUT2D eigenvalue weighted by atomic mass is 32.1. The molecule has 0 saturated heterocycles. The van der Waals surface area contributed by atoms with Gasteiger partial charge in [-0.25, -0.2) is 0 Å². The molecule has 3 nitrogen and oxygen atoms in total. The summed E-state index contributed by atoms with van der Waals surface area (Å²) in [4.78, 5) is 0. The minimum absolute atomic E-state index is 0.268. The number of anilines is 1. The second-order valence-electron chi connectivity index (χ2n) is 8.62. The van der Waals surface area contributed by atoms with Crippen LogP contribution < -0.4 is 9.88 Å². The Morgan fingerprint density at radius 2 is 1.37 bits per heavy atom. The van der Waals surface area contributed by atoms with E-state index in [1.807, 2.05) is 0 Å². The molecule has 1 heterocycles. The Kier molecular flexibility index (Phi) is 6.34. The second-order valence-corrected chi connectivity index (χ2v) is 9.70. The molecule has 0 aliphatic heterocycles. The fourth-order valence-corrected chi connectivity index (χ4v) is 4.90. The van der Waals surface area contributed by atoms with Crippen molar-refractivity contribution < 1.29 is 4.57 Å². The summed E-state index contributed by atoms with van der Waals surface area (Å²) >= 11 is 11.3. The molecule has 0 aliphatic rings. The van der Waals surface area contributed by atoms with E-state index in [0.29, 0.717) is 4.20 Å². The van der Waals surface area contributed by atoms with E-state index in [1.165, 1.54) is 33.4 Å². The molecular weight excluding hydrogens is 406 g/mol. The first-order chi connectivity index (χ1) is 14.0. The van der Waals surface area contributed by atoms with Crippen molar-refractivity contribution in [1.82, 2.24) is 4.57 Å². The van der Waals surface area contributed by atoms with Crippen LogP contribution in [0, 0.1) is 41.5 Å². The van der Waals surface area contributed by atoms with E-state index in [1.54, 1.807) is 0 Å². The van der Waals surface area contributed by atoms with Crippen LogP contribution in [0.1, 0.15) is 53.1 Å². The van der Waals surface area contributed by atoms with Crippen LogP contribution in [-0.4, -0.2) is 14.8 Å². The summed E-state index contributed by atoms with van der Waals surface area (Å²) in [6.45, 7) is 17.1. The van der Waals surface area contributed by atoms with Crippen molar-refractivity contribution in [3.05, 3.63) is 69.7 Å². The van der Waals surface area contributed by atoms with Gasteiger partial charge >= 0.3 is 0 Å². The summed E-state index contributed by atoms with van der Waals surface area (Å²) in [6, 6.07) is 9.11. The normalized spacial score (nSPS) is 11.2. The number of aromatic nitrogens is 2. The summed E-state index contributed by atoms with van der Waals surface area (Å²) < 4.78 is 4.83. The van der Waals surface area contributed by atoms with E-state index in [9.17, 15) is 0 Å². The Hall–Kier alpha value is -2.24. The van der Waals surface area contributed by atoms with Crippen molar-refractivity contribution in [2.75, 3.05) is 5.32 Å². The number of nitrogens with one attached hydrogen (secondary N) is 1. The van der Waals surface area contributed by atoms with Gasteiger partial charge in [0.1, 0.15) is 11.4 Å². The molecule has 0 amide bonds. The lowest BCUT2D eigenvalue weighted by atomic mass is 10.0. The van der Waals surface area contributed by atoms with Crippen LogP contribution in [0.2, 0.25) is 0 Å². The predicted octanol–water partition coefficient (Wildman–Crippen LogP) is 5.65. The summed E-state index contributed by atoms with van der Waals surface area (Å²) in [7, 11) is 0. The fourth-order valence-electron chi connectivity index (χ4n) is 4.52. The van der Waals surface area contributed by atoms with Crippen LogP contribution in [0.4, 0.5) is 5.82 Å². The molecule has 2 aromatic carbocycles. The highest BCUT2D eigenvalue weighted by molar-refractivity contribution is 8.01. The van der Waals surface area contributed by atoms with Gasteiger partial charge in [0.2, 0.25) is 5.82 Å². The third-order valence-electron chi connectivity index (χ3n) is 5.29. The topological polar surface area (TPSA) is 20.8 Å². The largest absolute Gasteiger partial charge is 0.421 e. The lowest BCUT2D eigenvalue weighted by molar-refractivity contribution is -0.596. The van der Waals surface area contributed by atoms with Crippen molar-refractivity contribution in [2.45, 2.75) is 61.4 Å². The summed E-state index contributed by atoms with van der Waals surface area (Å²) in [5.41, 5.74) is 9.58. The molecule has 30 heavy (non-hydrogen) atoms. The highest BCUT2D eigenvalue weighted by Gasteiger charge is 2.29. The molecule has 158 valence electrons. The lowest BCUT2D eigenvalue weighted by Gasteiger charge is -2.16. The maximum absolute atomic E-state index is 5.63. The smallest absolute Gasteiger partial charge is 0.281 e. The maximum Gasteiger partial charge on any atom is 0.281 e. The number of aryl methyl sites for hydroxylation is 6. The molecule has 0 unspecified atom stereocenters. The molecular formula is C25H31N3S2. The first-order valence-corrected chi connectivity index (χ1v) is 11.1. The number of hydrogen-bond donors (Lipinski definition) is 1. The number of rotatable bonds is 5. The molecule has 3 rings (SSSR count). The maximum atomic E-state index is 5.63. The van der Waals surface area contributed by atoms with Gasteiger partial charge in [0.05, 0.1) is 0 Å². The first-order valence-electron chi connectivity index (χ1n) is 10.3. The molecule has 0 spiro atoms. The van der Waals surface area contributed by atoms with Gasteiger partial charge in [0.25, 0.3) is 5.82 Å². The highest BCUT2D eigenvalue weighted by Crippen LogP contribution is 2.29. The van der Waals surface area contributed by atoms with E-state index in [4.69, 9.17) is 24.8 Å². The van der Waals surface area contributed by atoms with Gasteiger partial charge in [-0.2, -0.15) is 9.13 Å². The van der Waals surface area contributed by atoms with Crippen LogP contribution >= 0.6 is 12.2 Å². The Bertz CT molecular complexity index is 1090. The zero-order chi connectivity index (χ0) is 22.3. The van der Waals surface area contributed by atoms with Gasteiger partial charge in [-0.05, 0) is 81.8 Å². The Labute approximate surface area is 191 Å². The van der Waals surface area contributed by atoms with Crippen LogP contribution in [0.25, 0.3) is 11.4 Å². The number of hydrogen-bond acceptors (Lipinski definition) is 3. The molecule has 3 aromatic rings. The summed E-state index contributed by atoms with van der Waals surface area (Å²) in [5, 5.41) is 3.61. The quantitative estimate of drug-likeness (QED) is 0.317. The second kappa shape index (κ2) is 8.48. The van der Waals surface area contributed by atoms with Gasteiger partial charge in [-0.15, -0.1) is 0 Å². The monoisotopic (exact) mass is 437 g/mol. The zero-order valence-corrected chi connectivity index (χ0v) is 20.8. The molecule has 0 radical (unpaired) electrons. The third-order valence-corrected chi connectivity index (χ3v) is 5.65. The van der Waals surface area contributed by atoms with E-state index in [-0.39, 0.29) is 6.04 Å². The molecule has 0 aliphatic carbocycles. The third kappa shape index (κ3) is 4.14. The molecule has 5 heteroatoms. The number of nitrogens with zero attached hydrogens (tertiary/aromatic N) is 2. The molecule has 0 atom stereocenters. The average molecular weight is 438 g/mol. The fraction of sp³-hybridized carbons (Fsp3) is 0.360. The van der Waals surface area contributed by atoms with Crippen LogP contribution in [0.15, 0.2) is 30.5 Å². The van der Waals surface area contributed by atoms with Crippen LogP contribution in [0.3, 0.4) is 0 Å². The van der Waals surface area contributed by atoms with Crippen molar-refractivity contribution in [1.29, 1.82) is 0 Å². The summed E-state index contributed by atoms with van der Waals surface area (Å²) in [6.07, 6.45) is 2.14. The molecule has 1 N–H and O–H groups in total. The van der Waals surface area contributed by atoms with Gasteiger partial charge in [0, 0.05) is 6.04 Å². The number of benzene rings is 2. The molecule has 1 aromatic heterocycles. The molecule has 0 bridgehead atoms. The van der Waals surface area contributed by atoms with Crippen molar-refractivity contribution in [3.63, 3.8) is 0 Å². The van der Waals surface area contributed by atoms with Crippen molar-refractivity contribution in [2.24, 2.45) is 0 Å². The van der Waals surface area contributed by atoms with Crippen LogP contribution in [0.5, 0.6) is 0 Å². The number of thiocarbonyl (C=S) groups is 1. The van der Waals surface area contributed by atoms with E-state index < -0.39 is 0 Å². The van der Waals surface area contributed by atoms with E-state index in [2.05, 4.69) is 100 Å². The minimum Gasteiger partial charge on any atom is -0.421 e. The Balaban J connectivity index is 2.46. The number of imidazole rings is 1. The average Bonchev–Trinajstić information content (AvgIpc) is 2.91. The van der Waals surface area contributed by atoms with Crippen molar-refractivity contribution >= 4 is 34.9 Å². The molecule has 0 saturated carbocycles. The summed E-state index contributed by atoms with van der Waals surface area (Å²) in [5.74, 6) is 1.83. The van der Waals surface area contributed by atoms with E-state index in [0.717, 1.165) is 23.0 Å². The SMILES string of the molecule is Cc1cc(C)c(-n2c(NC(C)C)c[n+](-c3c(C)cc(C)cc3C)c2C(=S)[S-])c(C)c1. The Morgan fingerprint density at radius 1 is 0.900 bits per heavy atom. The Morgan fingerprint density at radius 3 is 1.80 bits per heavy atom. The van der Waals surface area contributed by atoms with Crippen molar-refractivity contribution in [3.8, 4) is 11.4 Å². The first kappa shape index (κ1) is 22.4. The van der Waals surface area contributed by atoms with E-state index >= 15 is 0 Å². The standard InChI is InChI=1S/C25H31N3S2/c1-14(2)26-21-13-27(22-17(5)9-15(3)10-18(22)6)24(25(29)30)28(21)23-19(7)11-16(4)12-20(23)8/h9-14H,1-8H3,(H-,26,29,30). The molecule has 0 fully saturated rings. The zero-order valence-electron chi connectivity index (χ0n) is 19.2. The lowest BCUT2D eigenvalue weighted by Crippen LogP contribution is -2.38. The van der Waals surface area contributed by atoms with Gasteiger partial charge in [-0.1, -0.05) is 35.4 Å². The predicted molar refractivity (Wildman–Crippen MR) is 134 cm³/mol. The van der Waals surface area contributed by atoms with Gasteiger partial charge in [0.15, 0.2) is 6.20 Å². The van der Waals surface area contributed by atoms with Crippen LogP contribution in [-0.2, 0) is 12.6 Å².